The molecule has 0 aromatic heterocycles. The average Bonchev–Trinajstić information content (AvgIpc) is 3.12. The summed E-state index contributed by atoms with van der Waals surface area (Å²) in [6.07, 6.45) is 4.04. The zero-order valence-corrected chi connectivity index (χ0v) is 17.4. The summed E-state index contributed by atoms with van der Waals surface area (Å²) in [5, 5.41) is 10.4. The average molecular weight is 402 g/mol. The highest BCUT2D eigenvalue weighted by Crippen LogP contribution is 2.59. The summed E-state index contributed by atoms with van der Waals surface area (Å²) in [4.78, 5) is 11.9. The maximum atomic E-state index is 10.4. The third-order valence-corrected chi connectivity index (χ3v) is 7.76. The molecule has 1 aromatic rings. The molecule has 1 aromatic carbocycles. The van der Waals surface area contributed by atoms with E-state index in [-0.39, 0.29) is 35.9 Å². The van der Waals surface area contributed by atoms with Crippen LogP contribution in [0.2, 0.25) is 0 Å². The van der Waals surface area contributed by atoms with Crippen LogP contribution in [0.3, 0.4) is 0 Å². The van der Waals surface area contributed by atoms with Crippen LogP contribution in [0.15, 0.2) is 36.4 Å². The minimum Gasteiger partial charge on any atom is -0.497 e. The van der Waals surface area contributed by atoms with Gasteiger partial charge in [0.25, 0.3) is 0 Å². The van der Waals surface area contributed by atoms with Crippen molar-refractivity contribution in [3.8, 4) is 5.75 Å². The fourth-order valence-electron chi connectivity index (χ4n) is 5.80. The third kappa shape index (κ3) is 2.81. The predicted octanol–water partition coefficient (Wildman–Crippen LogP) is 3.24. The zero-order chi connectivity index (χ0) is 20.4. The van der Waals surface area contributed by atoms with E-state index in [4.69, 9.17) is 24.0 Å². The lowest BCUT2D eigenvalue weighted by atomic mass is 9.74. The molecular weight excluding hydrogens is 372 g/mol. The molecule has 6 heteroatoms. The third-order valence-electron chi connectivity index (χ3n) is 7.76. The number of methoxy groups -OCH3 is 1. The fourth-order valence-corrected chi connectivity index (χ4v) is 5.80. The standard InChI is InChI=1S/C23H30O6/c1-13-18(26-12-15-5-7-16(25-4)8-6-15)11-17-19(13)20-23(14(2)21(24)27-20)10-9-22(17,3)28-29-23/h5-10,13-14,17-21,24H,11-12H2,1-4H3/t13-,14-,17-,18-,19+,20+,21?,22-,23-/m0/s1. The van der Waals surface area contributed by atoms with Gasteiger partial charge in [-0.1, -0.05) is 32.1 Å². The van der Waals surface area contributed by atoms with Crippen LogP contribution >= 0.6 is 0 Å². The summed E-state index contributed by atoms with van der Waals surface area (Å²) in [6, 6.07) is 7.98. The molecule has 1 spiro atoms. The first-order valence-corrected chi connectivity index (χ1v) is 10.5. The second-order valence-electron chi connectivity index (χ2n) is 9.25. The van der Waals surface area contributed by atoms with E-state index < -0.39 is 17.5 Å². The van der Waals surface area contributed by atoms with Crippen LogP contribution in [0.4, 0.5) is 0 Å². The molecule has 6 rings (SSSR count). The first-order chi connectivity index (χ1) is 13.9. The molecule has 3 fully saturated rings. The van der Waals surface area contributed by atoms with Crippen LogP contribution in [0.25, 0.3) is 0 Å². The Balaban J connectivity index is 1.38. The van der Waals surface area contributed by atoms with E-state index in [0.717, 1.165) is 17.7 Å². The topological polar surface area (TPSA) is 66.4 Å². The summed E-state index contributed by atoms with van der Waals surface area (Å²) >= 11 is 0. The smallest absolute Gasteiger partial charge is 0.160 e. The summed E-state index contributed by atoms with van der Waals surface area (Å²) in [6.45, 7) is 6.81. The van der Waals surface area contributed by atoms with Gasteiger partial charge < -0.3 is 19.3 Å². The van der Waals surface area contributed by atoms with Gasteiger partial charge in [-0.05, 0) is 49.0 Å². The van der Waals surface area contributed by atoms with Crippen molar-refractivity contribution in [1.29, 1.82) is 0 Å². The van der Waals surface area contributed by atoms with E-state index in [0.29, 0.717) is 6.61 Å². The lowest BCUT2D eigenvalue weighted by Crippen LogP contribution is -2.48. The number of rotatable bonds is 4. The van der Waals surface area contributed by atoms with E-state index in [2.05, 4.69) is 26.0 Å². The molecule has 0 amide bonds. The zero-order valence-electron chi connectivity index (χ0n) is 17.4. The number of hydrogen-bond acceptors (Lipinski definition) is 6. The molecule has 9 atom stereocenters. The first-order valence-electron chi connectivity index (χ1n) is 10.5. The van der Waals surface area contributed by atoms with Crippen LogP contribution in [-0.4, -0.2) is 41.9 Å². The molecule has 3 aliphatic heterocycles. The molecule has 6 nitrogen and oxygen atoms in total. The predicted molar refractivity (Wildman–Crippen MR) is 105 cm³/mol. The normalized spacial score (nSPS) is 47.7. The highest BCUT2D eigenvalue weighted by molar-refractivity contribution is 5.28. The fraction of sp³-hybridized carbons (Fsp3) is 0.652. The molecule has 1 N–H and O–H groups in total. The number of aliphatic hydroxyl groups is 1. The molecule has 2 aliphatic carbocycles. The molecule has 2 saturated heterocycles. The van der Waals surface area contributed by atoms with Crippen molar-refractivity contribution < 1.29 is 29.1 Å². The molecule has 29 heavy (non-hydrogen) atoms. The minimum atomic E-state index is -0.858. The summed E-state index contributed by atoms with van der Waals surface area (Å²) in [5.74, 6) is 1.28. The highest BCUT2D eigenvalue weighted by Gasteiger charge is 2.68. The summed E-state index contributed by atoms with van der Waals surface area (Å²) in [7, 11) is 1.67. The Hall–Kier alpha value is -1.44. The van der Waals surface area contributed by atoms with Crippen molar-refractivity contribution >= 4 is 0 Å². The molecular formula is C23H30O6. The highest BCUT2D eigenvalue weighted by atomic mass is 17.2. The first kappa shape index (κ1) is 19.5. The van der Waals surface area contributed by atoms with Gasteiger partial charge in [0.15, 0.2) is 11.9 Å². The van der Waals surface area contributed by atoms with Gasteiger partial charge in [0.2, 0.25) is 0 Å². The number of hydrogen-bond donors (Lipinski definition) is 1. The monoisotopic (exact) mass is 402 g/mol. The molecule has 158 valence electrons. The van der Waals surface area contributed by atoms with Gasteiger partial charge in [0.1, 0.15) is 17.5 Å². The molecule has 5 aliphatic rings. The second-order valence-corrected chi connectivity index (χ2v) is 9.25. The Bertz CT molecular complexity index is 793. The van der Waals surface area contributed by atoms with Crippen LogP contribution in [0.5, 0.6) is 5.75 Å². The Kier molecular flexibility index (Phi) is 4.57. The van der Waals surface area contributed by atoms with E-state index >= 15 is 0 Å². The lowest BCUT2D eigenvalue weighted by molar-refractivity contribution is -0.405. The van der Waals surface area contributed by atoms with Gasteiger partial charge >= 0.3 is 0 Å². The molecule has 0 radical (unpaired) electrons. The molecule has 1 unspecified atom stereocenters. The van der Waals surface area contributed by atoms with E-state index in [1.165, 1.54) is 0 Å². The minimum absolute atomic E-state index is 0.0916. The van der Waals surface area contributed by atoms with Gasteiger partial charge in [0, 0.05) is 11.8 Å². The van der Waals surface area contributed by atoms with Crippen LogP contribution in [0, 0.1) is 23.7 Å². The quantitative estimate of drug-likeness (QED) is 0.616. The van der Waals surface area contributed by atoms with Crippen LogP contribution in [-0.2, 0) is 25.9 Å². The Morgan fingerprint density at radius 2 is 1.90 bits per heavy atom. The van der Waals surface area contributed by atoms with E-state index in [1.807, 2.05) is 31.2 Å². The lowest BCUT2D eigenvalue weighted by Gasteiger charge is -2.38. The Morgan fingerprint density at radius 1 is 1.14 bits per heavy atom. The van der Waals surface area contributed by atoms with Crippen LogP contribution in [0.1, 0.15) is 32.8 Å². The molecule has 3 heterocycles. The largest absolute Gasteiger partial charge is 0.497 e. The van der Waals surface area contributed by atoms with Crippen molar-refractivity contribution in [2.75, 3.05) is 7.11 Å². The van der Waals surface area contributed by atoms with Gasteiger partial charge in [-0.15, -0.1) is 0 Å². The molecule has 1 saturated carbocycles. The van der Waals surface area contributed by atoms with Gasteiger partial charge in [0.05, 0.1) is 19.8 Å². The summed E-state index contributed by atoms with van der Waals surface area (Å²) in [5.41, 5.74) is -0.131. The molecule has 2 bridgehead atoms. The van der Waals surface area contributed by atoms with Gasteiger partial charge in [-0.2, -0.15) is 0 Å². The van der Waals surface area contributed by atoms with Crippen molar-refractivity contribution in [2.45, 2.75) is 63.5 Å². The second kappa shape index (κ2) is 6.79. The van der Waals surface area contributed by atoms with Crippen molar-refractivity contribution in [1.82, 2.24) is 0 Å². The Labute approximate surface area is 171 Å². The number of aliphatic hydroxyl groups excluding tert-OH is 1. The van der Waals surface area contributed by atoms with Crippen molar-refractivity contribution in [3.05, 3.63) is 42.0 Å². The van der Waals surface area contributed by atoms with E-state index in [1.54, 1.807) is 7.11 Å². The van der Waals surface area contributed by atoms with Gasteiger partial charge in [-0.25, -0.2) is 9.78 Å². The maximum Gasteiger partial charge on any atom is 0.160 e. The van der Waals surface area contributed by atoms with Gasteiger partial charge in [-0.3, -0.25) is 0 Å². The Morgan fingerprint density at radius 3 is 2.55 bits per heavy atom. The summed E-state index contributed by atoms with van der Waals surface area (Å²) < 4.78 is 17.7. The van der Waals surface area contributed by atoms with Crippen LogP contribution < -0.4 is 4.74 Å². The number of ether oxygens (including phenoxy) is 3. The maximum absolute atomic E-state index is 10.4. The SMILES string of the molecule is COc1ccc(CO[C@H]2C[C@H]3[C@@H]([C@H]2C)[C@H]2OC(O)[C@H](C)[C@@]24C=C[C@]3(C)OO4)cc1. The van der Waals surface area contributed by atoms with Crippen molar-refractivity contribution in [2.24, 2.45) is 23.7 Å². The van der Waals surface area contributed by atoms with Crippen molar-refractivity contribution in [3.63, 3.8) is 0 Å². The number of fused-ring (bicyclic) bond motifs is 1. The number of benzene rings is 1. The van der Waals surface area contributed by atoms with E-state index in [9.17, 15) is 5.11 Å².